The van der Waals surface area contributed by atoms with Gasteiger partial charge in [-0.25, -0.2) is 0 Å². The van der Waals surface area contributed by atoms with Gasteiger partial charge in [0.05, 0.1) is 7.11 Å². The Balaban J connectivity index is 2.32. The highest BCUT2D eigenvalue weighted by atomic mass is 32.1. The van der Waals surface area contributed by atoms with Crippen molar-refractivity contribution in [2.45, 2.75) is 57.9 Å². The van der Waals surface area contributed by atoms with Crippen LogP contribution >= 0.6 is 11.3 Å². The number of unbranched alkanes of at least 4 members (excludes halogenated alkanes) is 2. The summed E-state index contributed by atoms with van der Waals surface area (Å²) in [5.41, 5.74) is 6.18. The number of carbonyl (C=O) groups is 1. The van der Waals surface area contributed by atoms with Crippen molar-refractivity contribution >= 4 is 17.3 Å². The Morgan fingerprint density at radius 1 is 1.37 bits per heavy atom. The fourth-order valence-corrected chi connectivity index (χ4v) is 3.08. The Hall–Kier alpha value is -0.870. The predicted molar refractivity (Wildman–Crippen MR) is 80.3 cm³/mol. The molecule has 1 atom stereocenters. The van der Waals surface area contributed by atoms with Crippen molar-refractivity contribution in [3.05, 3.63) is 21.9 Å². The van der Waals surface area contributed by atoms with Crippen LogP contribution in [0.4, 0.5) is 0 Å². The third-order valence-corrected chi connectivity index (χ3v) is 4.48. The summed E-state index contributed by atoms with van der Waals surface area (Å²) in [5, 5.41) is 0. The number of carbonyl (C=O) groups excluding carboxylic acids is 1. The van der Waals surface area contributed by atoms with Gasteiger partial charge in [0, 0.05) is 22.2 Å². The van der Waals surface area contributed by atoms with Gasteiger partial charge in [0.25, 0.3) is 0 Å². The van der Waals surface area contributed by atoms with E-state index in [1.807, 2.05) is 0 Å². The molecule has 3 nitrogen and oxygen atoms in total. The zero-order chi connectivity index (χ0) is 14.1. The lowest BCUT2D eigenvalue weighted by Crippen LogP contribution is -2.07. The van der Waals surface area contributed by atoms with E-state index in [4.69, 9.17) is 5.73 Å². The lowest BCUT2D eigenvalue weighted by Gasteiger charge is -2.08. The summed E-state index contributed by atoms with van der Waals surface area (Å²) in [6.07, 6.45) is 7.02. The van der Waals surface area contributed by atoms with Gasteiger partial charge in [-0.1, -0.05) is 26.2 Å². The first-order valence-electron chi connectivity index (χ1n) is 7.08. The number of ether oxygens (including phenoxy) is 1. The Kier molecular flexibility index (Phi) is 7.75. The fourth-order valence-electron chi connectivity index (χ4n) is 1.99. The molecule has 108 valence electrons. The zero-order valence-electron chi connectivity index (χ0n) is 12.0. The average Bonchev–Trinajstić information content (AvgIpc) is 2.87. The topological polar surface area (TPSA) is 52.3 Å². The van der Waals surface area contributed by atoms with Crippen molar-refractivity contribution in [3.63, 3.8) is 0 Å². The van der Waals surface area contributed by atoms with Gasteiger partial charge in [-0.15, -0.1) is 11.3 Å². The molecule has 1 aromatic rings. The minimum absolute atomic E-state index is 0.131. The first-order chi connectivity index (χ1) is 9.17. The smallest absolute Gasteiger partial charge is 0.305 e. The summed E-state index contributed by atoms with van der Waals surface area (Å²) in [6.45, 7) is 2.20. The van der Waals surface area contributed by atoms with Crippen LogP contribution in [0.2, 0.25) is 0 Å². The lowest BCUT2D eigenvalue weighted by atomic mass is 10.1. The molecule has 1 rings (SSSR count). The van der Waals surface area contributed by atoms with Gasteiger partial charge < -0.3 is 10.5 Å². The molecule has 1 unspecified atom stereocenters. The number of methoxy groups -OCH3 is 1. The van der Waals surface area contributed by atoms with E-state index in [0.717, 1.165) is 19.3 Å². The molecular formula is C15H25NO2S. The maximum absolute atomic E-state index is 11.0. The first-order valence-corrected chi connectivity index (χ1v) is 7.90. The standard InChI is InChI=1S/C15H25NO2S/c1-3-4-5-8-13(16)14-11-10-12(19-14)7-6-9-15(17)18-2/h10-11,13H,3-9,16H2,1-2H3. The lowest BCUT2D eigenvalue weighted by molar-refractivity contribution is -0.140. The summed E-state index contributed by atoms with van der Waals surface area (Å²) in [5.74, 6) is -0.131. The van der Waals surface area contributed by atoms with Gasteiger partial charge in [0.2, 0.25) is 0 Å². The van der Waals surface area contributed by atoms with Crippen LogP contribution in [0, 0.1) is 0 Å². The number of hydrogen-bond acceptors (Lipinski definition) is 4. The number of hydrogen-bond donors (Lipinski definition) is 1. The molecule has 0 bridgehead atoms. The molecule has 0 amide bonds. The van der Waals surface area contributed by atoms with Crippen molar-refractivity contribution in [1.82, 2.24) is 0 Å². The molecule has 0 aliphatic carbocycles. The molecule has 0 spiro atoms. The van der Waals surface area contributed by atoms with Gasteiger partial charge >= 0.3 is 5.97 Å². The van der Waals surface area contributed by atoms with Gasteiger partial charge in [0.1, 0.15) is 0 Å². The number of aryl methyl sites for hydroxylation is 1. The molecule has 1 heterocycles. The summed E-state index contributed by atoms with van der Waals surface area (Å²) in [4.78, 5) is 13.6. The molecule has 0 saturated heterocycles. The first kappa shape index (κ1) is 16.2. The Bertz CT molecular complexity index is 376. The van der Waals surface area contributed by atoms with Crippen LogP contribution in [-0.2, 0) is 16.0 Å². The fraction of sp³-hybridized carbons (Fsp3) is 0.667. The van der Waals surface area contributed by atoms with Crippen molar-refractivity contribution < 1.29 is 9.53 Å². The number of nitrogens with two attached hydrogens (primary N) is 1. The van der Waals surface area contributed by atoms with Gasteiger partial charge in [-0.05, 0) is 31.4 Å². The van der Waals surface area contributed by atoms with Crippen LogP contribution in [0.1, 0.15) is 61.2 Å². The second kappa shape index (κ2) is 9.10. The minimum atomic E-state index is -0.131. The summed E-state index contributed by atoms with van der Waals surface area (Å²) >= 11 is 1.78. The number of rotatable bonds is 9. The van der Waals surface area contributed by atoms with Crippen molar-refractivity contribution in [2.24, 2.45) is 5.73 Å². The van der Waals surface area contributed by atoms with Crippen LogP contribution in [0.5, 0.6) is 0 Å². The zero-order valence-corrected chi connectivity index (χ0v) is 12.8. The normalized spacial score (nSPS) is 12.4. The Morgan fingerprint density at radius 2 is 2.16 bits per heavy atom. The third kappa shape index (κ3) is 6.21. The molecule has 0 radical (unpaired) electrons. The monoisotopic (exact) mass is 283 g/mol. The van der Waals surface area contributed by atoms with Crippen molar-refractivity contribution in [3.8, 4) is 0 Å². The molecule has 0 aliphatic rings. The largest absolute Gasteiger partial charge is 0.469 e. The molecular weight excluding hydrogens is 258 g/mol. The van der Waals surface area contributed by atoms with Gasteiger partial charge in [-0.2, -0.15) is 0 Å². The molecule has 0 saturated carbocycles. The molecule has 0 fully saturated rings. The van der Waals surface area contributed by atoms with Gasteiger partial charge in [-0.3, -0.25) is 4.79 Å². The minimum Gasteiger partial charge on any atom is -0.469 e. The maximum atomic E-state index is 11.0. The summed E-state index contributed by atoms with van der Waals surface area (Å²) in [7, 11) is 1.43. The average molecular weight is 283 g/mol. The van der Waals surface area contributed by atoms with Crippen molar-refractivity contribution in [1.29, 1.82) is 0 Å². The SMILES string of the molecule is CCCCCC(N)c1ccc(CCCC(=O)OC)s1. The molecule has 4 heteroatoms. The second-order valence-corrected chi connectivity index (χ2v) is 6.04. The van der Waals surface area contributed by atoms with Crippen LogP contribution in [0.25, 0.3) is 0 Å². The van der Waals surface area contributed by atoms with E-state index in [-0.39, 0.29) is 12.0 Å². The molecule has 19 heavy (non-hydrogen) atoms. The maximum Gasteiger partial charge on any atom is 0.305 e. The van der Waals surface area contributed by atoms with Crippen molar-refractivity contribution in [2.75, 3.05) is 7.11 Å². The molecule has 1 aromatic heterocycles. The van der Waals surface area contributed by atoms with Crippen LogP contribution in [0.15, 0.2) is 12.1 Å². The summed E-state index contributed by atoms with van der Waals surface area (Å²) < 4.78 is 4.63. The van der Waals surface area contributed by atoms with E-state index in [1.54, 1.807) is 11.3 Å². The number of esters is 1. The predicted octanol–water partition coefficient (Wildman–Crippen LogP) is 3.82. The van der Waals surface area contributed by atoms with E-state index in [9.17, 15) is 4.79 Å². The quantitative estimate of drug-likeness (QED) is 0.553. The van der Waals surface area contributed by atoms with E-state index in [1.165, 1.54) is 36.1 Å². The highest BCUT2D eigenvalue weighted by molar-refractivity contribution is 7.12. The third-order valence-electron chi connectivity index (χ3n) is 3.20. The molecule has 0 aliphatic heterocycles. The summed E-state index contributed by atoms with van der Waals surface area (Å²) in [6, 6.07) is 4.44. The Morgan fingerprint density at radius 3 is 2.84 bits per heavy atom. The molecule has 0 aromatic carbocycles. The highest BCUT2D eigenvalue weighted by Gasteiger charge is 2.09. The number of thiophene rings is 1. The second-order valence-electron chi connectivity index (χ2n) is 4.84. The van der Waals surface area contributed by atoms with Crippen LogP contribution in [0.3, 0.4) is 0 Å². The Labute approximate surface area is 120 Å². The van der Waals surface area contributed by atoms with Gasteiger partial charge in [0.15, 0.2) is 0 Å². The van der Waals surface area contributed by atoms with E-state index in [2.05, 4.69) is 23.8 Å². The van der Waals surface area contributed by atoms with Crippen LogP contribution < -0.4 is 5.73 Å². The van der Waals surface area contributed by atoms with E-state index < -0.39 is 0 Å². The van der Waals surface area contributed by atoms with E-state index >= 15 is 0 Å². The van der Waals surface area contributed by atoms with E-state index in [0.29, 0.717) is 6.42 Å². The molecule has 2 N–H and O–H groups in total. The van der Waals surface area contributed by atoms with Crippen LogP contribution in [-0.4, -0.2) is 13.1 Å². The highest BCUT2D eigenvalue weighted by Crippen LogP contribution is 2.26.